The van der Waals surface area contributed by atoms with Gasteiger partial charge >= 0.3 is 6.09 Å². The summed E-state index contributed by atoms with van der Waals surface area (Å²) in [6, 6.07) is 13.2. The zero-order valence-electron chi connectivity index (χ0n) is 12.2. The van der Waals surface area contributed by atoms with Gasteiger partial charge in [0.15, 0.2) is 5.13 Å². The van der Waals surface area contributed by atoms with Gasteiger partial charge in [0.25, 0.3) is 0 Å². The van der Waals surface area contributed by atoms with E-state index in [1.807, 2.05) is 42.5 Å². The number of halogens is 1. The number of fused-ring (bicyclic) bond motifs is 1. The standard InChI is InChI=1S/C16H13BrN2O3S/c1-21-13-8-12-14(7-11(13)17)23-15(18-12)19-16(20)22-9-10-5-3-2-4-6-10/h2-8H,9H2,1H3,(H,18,19,20). The molecular formula is C16H13BrN2O3S. The number of amides is 1. The van der Waals surface area contributed by atoms with Crippen LogP contribution in [0.1, 0.15) is 5.56 Å². The summed E-state index contributed by atoms with van der Waals surface area (Å²) in [5.74, 6) is 0.695. The van der Waals surface area contributed by atoms with Crippen LogP contribution in [0.4, 0.5) is 9.93 Å². The van der Waals surface area contributed by atoms with Crippen molar-refractivity contribution in [2.45, 2.75) is 6.61 Å². The van der Waals surface area contributed by atoms with Crippen LogP contribution in [0.15, 0.2) is 46.9 Å². The Morgan fingerprint density at radius 1 is 1.30 bits per heavy atom. The first-order valence-electron chi connectivity index (χ1n) is 6.77. The SMILES string of the molecule is COc1cc2nc(NC(=O)OCc3ccccc3)sc2cc1Br. The first kappa shape index (κ1) is 15.8. The van der Waals surface area contributed by atoms with E-state index in [0.29, 0.717) is 10.9 Å². The zero-order chi connectivity index (χ0) is 16.2. The number of carbonyl (C=O) groups excluding carboxylic acids is 1. The number of ether oxygens (including phenoxy) is 2. The maximum atomic E-state index is 11.9. The fourth-order valence-corrected chi connectivity index (χ4v) is 3.52. The van der Waals surface area contributed by atoms with Gasteiger partial charge in [0.2, 0.25) is 0 Å². The van der Waals surface area contributed by atoms with E-state index < -0.39 is 6.09 Å². The van der Waals surface area contributed by atoms with Crippen LogP contribution in [0.25, 0.3) is 10.2 Å². The van der Waals surface area contributed by atoms with Gasteiger partial charge < -0.3 is 9.47 Å². The third-order valence-corrected chi connectivity index (χ3v) is 4.64. The maximum Gasteiger partial charge on any atom is 0.413 e. The summed E-state index contributed by atoms with van der Waals surface area (Å²) < 4.78 is 12.2. The minimum absolute atomic E-state index is 0.219. The van der Waals surface area contributed by atoms with E-state index in [1.165, 1.54) is 11.3 Å². The summed E-state index contributed by atoms with van der Waals surface area (Å²) >= 11 is 4.80. The van der Waals surface area contributed by atoms with E-state index in [9.17, 15) is 4.79 Å². The average Bonchev–Trinajstić information content (AvgIpc) is 2.94. The minimum atomic E-state index is -0.529. The molecule has 1 heterocycles. The smallest absolute Gasteiger partial charge is 0.413 e. The lowest BCUT2D eigenvalue weighted by Gasteiger charge is -2.04. The molecule has 23 heavy (non-hydrogen) atoms. The number of nitrogens with zero attached hydrogens (tertiary/aromatic N) is 1. The molecule has 0 fully saturated rings. The Labute approximate surface area is 145 Å². The first-order valence-corrected chi connectivity index (χ1v) is 8.38. The number of anilines is 1. The van der Waals surface area contributed by atoms with Crippen molar-refractivity contribution >= 4 is 48.7 Å². The largest absolute Gasteiger partial charge is 0.495 e. The number of hydrogen-bond acceptors (Lipinski definition) is 5. The Morgan fingerprint density at radius 2 is 2.09 bits per heavy atom. The van der Waals surface area contributed by atoms with Crippen molar-refractivity contribution in [2.24, 2.45) is 0 Å². The summed E-state index contributed by atoms with van der Waals surface area (Å²) in [5.41, 5.74) is 1.69. The van der Waals surface area contributed by atoms with Crippen molar-refractivity contribution in [1.29, 1.82) is 0 Å². The van der Waals surface area contributed by atoms with E-state index in [2.05, 4.69) is 26.2 Å². The fraction of sp³-hybridized carbons (Fsp3) is 0.125. The van der Waals surface area contributed by atoms with Crippen molar-refractivity contribution in [3.63, 3.8) is 0 Å². The van der Waals surface area contributed by atoms with Crippen molar-refractivity contribution < 1.29 is 14.3 Å². The van der Waals surface area contributed by atoms with Crippen LogP contribution in [0.2, 0.25) is 0 Å². The van der Waals surface area contributed by atoms with Gasteiger partial charge in [0, 0.05) is 6.07 Å². The molecular weight excluding hydrogens is 380 g/mol. The molecule has 0 radical (unpaired) electrons. The predicted molar refractivity (Wildman–Crippen MR) is 94.1 cm³/mol. The van der Waals surface area contributed by atoms with Crippen LogP contribution < -0.4 is 10.1 Å². The third-order valence-electron chi connectivity index (χ3n) is 3.08. The van der Waals surface area contributed by atoms with Gasteiger partial charge in [-0.1, -0.05) is 41.7 Å². The second-order valence-corrected chi connectivity index (χ2v) is 6.55. The number of hydrogen-bond donors (Lipinski definition) is 1. The first-order chi connectivity index (χ1) is 11.2. The number of aromatic nitrogens is 1. The molecule has 0 unspecified atom stereocenters. The molecule has 1 aromatic heterocycles. The molecule has 7 heteroatoms. The summed E-state index contributed by atoms with van der Waals surface area (Å²) in [4.78, 5) is 16.2. The number of methoxy groups -OCH3 is 1. The second-order valence-electron chi connectivity index (χ2n) is 4.66. The van der Waals surface area contributed by atoms with Crippen molar-refractivity contribution in [1.82, 2.24) is 4.98 Å². The van der Waals surface area contributed by atoms with E-state index in [0.717, 1.165) is 20.3 Å². The van der Waals surface area contributed by atoms with Crippen LogP contribution in [0.5, 0.6) is 5.75 Å². The Morgan fingerprint density at radius 3 is 2.83 bits per heavy atom. The molecule has 2 aromatic carbocycles. The van der Waals surface area contributed by atoms with Crippen LogP contribution in [0.3, 0.4) is 0 Å². The fourth-order valence-electron chi connectivity index (χ4n) is 1.99. The lowest BCUT2D eigenvalue weighted by Crippen LogP contribution is -2.13. The Hall–Kier alpha value is -2.12. The lowest BCUT2D eigenvalue weighted by atomic mass is 10.2. The van der Waals surface area contributed by atoms with Crippen LogP contribution in [-0.4, -0.2) is 18.2 Å². The molecule has 5 nitrogen and oxygen atoms in total. The molecule has 3 aromatic rings. The highest BCUT2D eigenvalue weighted by atomic mass is 79.9. The second kappa shape index (κ2) is 6.97. The van der Waals surface area contributed by atoms with Gasteiger partial charge in [-0.05, 0) is 27.6 Å². The molecule has 0 aliphatic heterocycles. The van der Waals surface area contributed by atoms with E-state index in [-0.39, 0.29) is 6.61 Å². The molecule has 0 aliphatic rings. The summed E-state index contributed by atoms with van der Waals surface area (Å²) in [5, 5.41) is 3.13. The van der Waals surface area contributed by atoms with Gasteiger partial charge in [0.1, 0.15) is 12.4 Å². The Bertz CT molecular complexity index is 836. The highest BCUT2D eigenvalue weighted by molar-refractivity contribution is 9.10. The minimum Gasteiger partial charge on any atom is -0.495 e. The van der Waals surface area contributed by atoms with Crippen molar-refractivity contribution in [3.05, 3.63) is 52.5 Å². The number of carbonyl (C=O) groups is 1. The molecule has 0 bridgehead atoms. The molecule has 0 spiro atoms. The Kier molecular flexibility index (Phi) is 4.78. The van der Waals surface area contributed by atoms with Gasteiger partial charge in [-0.2, -0.15) is 0 Å². The number of rotatable bonds is 4. The maximum absolute atomic E-state index is 11.9. The van der Waals surface area contributed by atoms with Crippen LogP contribution in [-0.2, 0) is 11.3 Å². The van der Waals surface area contributed by atoms with Gasteiger partial charge in [-0.15, -0.1) is 0 Å². The summed E-state index contributed by atoms with van der Waals surface area (Å²) in [7, 11) is 1.60. The quantitative estimate of drug-likeness (QED) is 0.691. The predicted octanol–water partition coefficient (Wildman–Crippen LogP) is 4.82. The van der Waals surface area contributed by atoms with Crippen molar-refractivity contribution in [2.75, 3.05) is 12.4 Å². The molecule has 0 atom stereocenters. The normalized spacial score (nSPS) is 10.5. The average molecular weight is 393 g/mol. The van der Waals surface area contributed by atoms with E-state index >= 15 is 0 Å². The van der Waals surface area contributed by atoms with Crippen molar-refractivity contribution in [3.8, 4) is 5.75 Å². The topological polar surface area (TPSA) is 60.5 Å². The van der Waals surface area contributed by atoms with Crippen LogP contribution >= 0.6 is 27.3 Å². The molecule has 0 saturated carbocycles. The van der Waals surface area contributed by atoms with E-state index in [4.69, 9.17) is 9.47 Å². The molecule has 0 saturated heterocycles. The van der Waals surface area contributed by atoms with Gasteiger partial charge in [-0.3, -0.25) is 5.32 Å². The highest BCUT2D eigenvalue weighted by Gasteiger charge is 2.11. The summed E-state index contributed by atoms with van der Waals surface area (Å²) in [6.07, 6.45) is -0.529. The summed E-state index contributed by atoms with van der Waals surface area (Å²) in [6.45, 7) is 0.219. The van der Waals surface area contributed by atoms with Crippen LogP contribution in [0, 0.1) is 0 Å². The zero-order valence-corrected chi connectivity index (χ0v) is 14.6. The van der Waals surface area contributed by atoms with E-state index in [1.54, 1.807) is 7.11 Å². The van der Waals surface area contributed by atoms with Gasteiger partial charge in [0.05, 0.1) is 21.8 Å². The lowest BCUT2D eigenvalue weighted by molar-refractivity contribution is 0.155. The Balaban J connectivity index is 1.67. The number of nitrogens with one attached hydrogen (secondary N) is 1. The molecule has 1 N–H and O–H groups in total. The molecule has 1 amide bonds. The highest BCUT2D eigenvalue weighted by Crippen LogP contribution is 2.34. The molecule has 118 valence electrons. The molecule has 0 aliphatic carbocycles. The van der Waals surface area contributed by atoms with Gasteiger partial charge in [-0.25, -0.2) is 9.78 Å². The number of benzene rings is 2. The monoisotopic (exact) mass is 392 g/mol. The third kappa shape index (κ3) is 3.80. The molecule has 3 rings (SSSR count). The number of thiazole rings is 1.